The second-order valence-corrected chi connectivity index (χ2v) is 8.64. The van der Waals surface area contributed by atoms with E-state index in [9.17, 15) is 0 Å². The van der Waals surface area contributed by atoms with Crippen molar-refractivity contribution >= 4 is 31.9 Å². The summed E-state index contributed by atoms with van der Waals surface area (Å²) in [5, 5.41) is 0. The monoisotopic (exact) mass is 378 g/mol. The number of benzene rings is 1. The predicted octanol–water partition coefficient (Wildman–Crippen LogP) is 3.62. The molecule has 0 aromatic heterocycles. The minimum Gasteiger partial charge on any atom is -0.327 e. The van der Waals surface area contributed by atoms with Crippen LogP contribution in [0.4, 0.5) is 0 Å². The maximum Gasteiger partial charge on any atom is 0.105 e. The average Bonchev–Trinajstić information content (AvgIpc) is 2.08. The van der Waals surface area contributed by atoms with Gasteiger partial charge in [-0.15, -0.1) is 0 Å². The second kappa shape index (κ2) is 5.61. The third kappa shape index (κ3) is 5.39. The van der Waals surface area contributed by atoms with Gasteiger partial charge in [0, 0.05) is 20.1 Å². The average molecular weight is 380 g/mol. The summed E-state index contributed by atoms with van der Waals surface area (Å²) in [5.41, 5.74) is 2.69. The molecule has 4 heteroatoms. The summed E-state index contributed by atoms with van der Waals surface area (Å²) in [7, 11) is 13.3. The molecule has 0 saturated carbocycles. The Morgan fingerprint density at radius 3 is 1.22 bits per heavy atom. The summed E-state index contributed by atoms with van der Waals surface area (Å²) < 4.78 is 4.28. The second-order valence-electron chi connectivity index (χ2n) is 6.93. The third-order valence-electron chi connectivity index (χ3n) is 2.50. The highest BCUT2D eigenvalue weighted by atomic mass is 79.9. The van der Waals surface area contributed by atoms with E-state index < -0.39 is 0 Å². The largest absolute Gasteiger partial charge is 0.327 e. The van der Waals surface area contributed by atoms with E-state index in [1.54, 1.807) is 0 Å². The molecule has 102 valence electrons. The highest BCUT2D eigenvalue weighted by Crippen LogP contribution is 2.29. The van der Waals surface area contributed by atoms with Crippen molar-refractivity contribution in [3.63, 3.8) is 0 Å². The predicted molar refractivity (Wildman–Crippen MR) is 85.3 cm³/mol. The first-order valence-corrected chi connectivity index (χ1v) is 7.64. The van der Waals surface area contributed by atoms with E-state index in [1.807, 2.05) is 0 Å². The molecule has 18 heavy (non-hydrogen) atoms. The van der Waals surface area contributed by atoms with Crippen LogP contribution >= 0.6 is 31.9 Å². The van der Waals surface area contributed by atoms with Crippen LogP contribution in [0.3, 0.4) is 0 Å². The van der Waals surface area contributed by atoms with Crippen LogP contribution in [0.5, 0.6) is 0 Å². The minimum absolute atomic E-state index is 0.930. The van der Waals surface area contributed by atoms with E-state index in [-0.39, 0.29) is 0 Å². The summed E-state index contributed by atoms with van der Waals surface area (Å²) >= 11 is 7.41. The van der Waals surface area contributed by atoms with Gasteiger partial charge in [0.15, 0.2) is 0 Å². The van der Waals surface area contributed by atoms with Crippen molar-refractivity contribution in [2.75, 3.05) is 42.3 Å². The Kier molecular flexibility index (Phi) is 5.04. The Morgan fingerprint density at radius 2 is 1.00 bits per heavy atom. The van der Waals surface area contributed by atoms with Crippen LogP contribution in [0.2, 0.25) is 0 Å². The standard InChI is InChI=1S/C14H24Br2N2/c1-17(2,3)9-11-7-14(16)12(8-13(11)15)10-18(4,5)6/h7-8H,9-10H2,1-6H3/q+2. The molecule has 0 atom stereocenters. The molecule has 0 spiro atoms. The highest BCUT2D eigenvalue weighted by molar-refractivity contribution is 9.11. The highest BCUT2D eigenvalue weighted by Gasteiger charge is 2.17. The van der Waals surface area contributed by atoms with Crippen LogP contribution in [0.15, 0.2) is 21.1 Å². The van der Waals surface area contributed by atoms with Gasteiger partial charge in [-0.3, -0.25) is 0 Å². The van der Waals surface area contributed by atoms with Gasteiger partial charge >= 0.3 is 0 Å². The smallest absolute Gasteiger partial charge is 0.105 e. The molecule has 0 bridgehead atoms. The van der Waals surface area contributed by atoms with Crippen molar-refractivity contribution in [1.29, 1.82) is 0 Å². The SMILES string of the molecule is C[N+](C)(C)Cc1cc(Br)c(C[N+](C)(C)C)cc1Br. The molecule has 0 aliphatic heterocycles. The van der Waals surface area contributed by atoms with E-state index in [1.165, 1.54) is 20.1 Å². The number of hydrogen-bond acceptors (Lipinski definition) is 0. The number of hydrogen-bond donors (Lipinski definition) is 0. The van der Waals surface area contributed by atoms with Gasteiger partial charge in [-0.2, -0.15) is 0 Å². The van der Waals surface area contributed by atoms with Gasteiger partial charge in [-0.05, 0) is 12.1 Å². The molecule has 0 aliphatic carbocycles. The Hall–Kier alpha value is 0.1000. The lowest BCUT2D eigenvalue weighted by molar-refractivity contribution is -0.884. The summed E-state index contributed by atoms with van der Waals surface area (Å²) in [5.74, 6) is 0. The molecule has 0 radical (unpaired) electrons. The fraction of sp³-hybridized carbons (Fsp3) is 0.571. The van der Waals surface area contributed by atoms with E-state index in [4.69, 9.17) is 0 Å². The van der Waals surface area contributed by atoms with Crippen molar-refractivity contribution in [2.24, 2.45) is 0 Å². The Bertz CT molecular complexity index is 387. The molecule has 1 rings (SSSR count). The molecule has 0 aliphatic rings. The molecule has 0 saturated heterocycles. The molecule has 1 aromatic rings. The summed E-state index contributed by atoms with van der Waals surface area (Å²) in [4.78, 5) is 0. The zero-order valence-electron chi connectivity index (χ0n) is 12.2. The van der Waals surface area contributed by atoms with Crippen LogP contribution in [-0.2, 0) is 13.1 Å². The third-order valence-corrected chi connectivity index (χ3v) is 3.98. The van der Waals surface area contributed by atoms with Gasteiger partial charge in [-0.1, -0.05) is 31.9 Å². The first-order valence-electron chi connectivity index (χ1n) is 6.06. The molecule has 0 heterocycles. The topological polar surface area (TPSA) is 0 Å². The van der Waals surface area contributed by atoms with E-state index in [0.717, 1.165) is 22.1 Å². The molecule has 0 N–H and O–H groups in total. The zero-order chi connectivity index (χ0) is 14.1. The molecular weight excluding hydrogens is 356 g/mol. The van der Waals surface area contributed by atoms with Crippen LogP contribution in [0.1, 0.15) is 11.1 Å². The molecular formula is C14H24Br2N2+2. The van der Waals surface area contributed by atoms with Gasteiger partial charge in [-0.25, -0.2) is 0 Å². The lowest BCUT2D eigenvalue weighted by atomic mass is 10.1. The van der Waals surface area contributed by atoms with E-state index in [0.29, 0.717) is 0 Å². The number of nitrogens with zero attached hydrogens (tertiary/aromatic N) is 2. The van der Waals surface area contributed by atoms with Crippen molar-refractivity contribution in [1.82, 2.24) is 0 Å². The summed E-state index contributed by atoms with van der Waals surface area (Å²) in [6.07, 6.45) is 0. The molecule has 1 aromatic carbocycles. The van der Waals surface area contributed by atoms with Crippen molar-refractivity contribution in [3.8, 4) is 0 Å². The van der Waals surface area contributed by atoms with Crippen LogP contribution in [-0.4, -0.2) is 51.3 Å². The van der Waals surface area contributed by atoms with Crippen LogP contribution in [0.25, 0.3) is 0 Å². The molecule has 0 unspecified atom stereocenters. The maximum atomic E-state index is 3.70. The Labute approximate surface area is 128 Å². The number of halogens is 2. The van der Waals surface area contributed by atoms with E-state index >= 15 is 0 Å². The van der Waals surface area contributed by atoms with Crippen molar-refractivity contribution in [3.05, 3.63) is 32.2 Å². The first kappa shape index (κ1) is 16.2. The normalized spacial score (nSPS) is 12.9. The Morgan fingerprint density at radius 1 is 0.722 bits per heavy atom. The fourth-order valence-corrected chi connectivity index (χ4v) is 2.93. The quantitative estimate of drug-likeness (QED) is 0.701. The first-order chi connectivity index (χ1) is 7.98. The molecule has 2 nitrogen and oxygen atoms in total. The molecule has 0 fully saturated rings. The summed E-state index contributed by atoms with van der Waals surface area (Å²) in [6, 6.07) is 4.50. The maximum absolute atomic E-state index is 3.70. The van der Waals surface area contributed by atoms with Crippen LogP contribution in [0, 0.1) is 0 Å². The van der Waals surface area contributed by atoms with Gasteiger partial charge in [0.25, 0.3) is 0 Å². The van der Waals surface area contributed by atoms with Gasteiger partial charge in [0.05, 0.1) is 42.3 Å². The fourth-order valence-electron chi connectivity index (χ4n) is 1.89. The Balaban J connectivity index is 3.05. The lowest BCUT2D eigenvalue weighted by Gasteiger charge is -2.27. The van der Waals surface area contributed by atoms with Gasteiger partial charge in [0.1, 0.15) is 13.1 Å². The van der Waals surface area contributed by atoms with Gasteiger partial charge < -0.3 is 8.97 Å². The minimum atomic E-state index is 0.930. The lowest BCUT2D eigenvalue weighted by Crippen LogP contribution is -2.34. The van der Waals surface area contributed by atoms with Crippen molar-refractivity contribution < 1.29 is 8.97 Å². The van der Waals surface area contributed by atoms with Gasteiger partial charge in [0.2, 0.25) is 0 Å². The van der Waals surface area contributed by atoms with Crippen molar-refractivity contribution in [2.45, 2.75) is 13.1 Å². The number of quaternary nitrogens is 2. The van der Waals surface area contributed by atoms with E-state index in [2.05, 4.69) is 86.3 Å². The molecule has 0 amide bonds. The van der Waals surface area contributed by atoms with Crippen LogP contribution < -0.4 is 0 Å². The zero-order valence-corrected chi connectivity index (χ0v) is 15.4. The number of rotatable bonds is 4. The summed E-state index contributed by atoms with van der Waals surface area (Å²) in [6.45, 7) is 2.04.